The molecule has 0 aliphatic carbocycles. The monoisotopic (exact) mass is 455 g/mol. The van der Waals surface area contributed by atoms with Crippen molar-refractivity contribution in [2.75, 3.05) is 31.6 Å². The number of nitrogens with zero attached hydrogens (tertiary/aromatic N) is 2. The van der Waals surface area contributed by atoms with Crippen molar-refractivity contribution in [1.29, 1.82) is 0 Å². The molecule has 1 aromatic carbocycles. The van der Waals surface area contributed by atoms with Crippen LogP contribution in [0.4, 0.5) is 5.69 Å². The van der Waals surface area contributed by atoms with Crippen molar-refractivity contribution in [2.45, 2.75) is 25.3 Å². The second kappa shape index (κ2) is 8.14. The number of rotatable bonds is 5. The van der Waals surface area contributed by atoms with Crippen LogP contribution >= 0.6 is 15.9 Å². The van der Waals surface area contributed by atoms with Crippen LogP contribution < -0.4 is 5.32 Å². The minimum Gasteiger partial charge on any atom is -0.379 e. The highest BCUT2D eigenvalue weighted by Crippen LogP contribution is 2.25. The second-order valence-electron chi connectivity index (χ2n) is 6.28. The first kappa shape index (κ1) is 20.1. The van der Waals surface area contributed by atoms with Crippen molar-refractivity contribution in [2.24, 2.45) is 0 Å². The maximum atomic E-state index is 13.0. The van der Waals surface area contributed by atoms with Gasteiger partial charge >= 0.3 is 0 Å². The Labute approximate surface area is 167 Å². The summed E-state index contributed by atoms with van der Waals surface area (Å²) in [5, 5.41) is 2.80. The second-order valence-corrected chi connectivity index (χ2v) is 9.10. The molecular formula is C18H22BrN3O4S. The minimum absolute atomic E-state index is 0.203. The molecule has 9 heteroatoms. The standard InChI is InChI=1S/C18H22BrN3O4S/c1-3-21-12-14(19)10-16(21)18(23)20-15-5-4-13(2)17(11-15)27(24,25)22-6-8-26-9-7-22/h4-5,10-12H,3,6-9H2,1-2H3,(H,20,23). The normalized spacial score (nSPS) is 15.7. The molecule has 0 bridgehead atoms. The number of hydrogen-bond acceptors (Lipinski definition) is 4. The zero-order valence-corrected chi connectivity index (χ0v) is 17.6. The summed E-state index contributed by atoms with van der Waals surface area (Å²) < 4.78 is 35.2. The fraction of sp³-hybridized carbons (Fsp3) is 0.389. The predicted molar refractivity (Wildman–Crippen MR) is 107 cm³/mol. The van der Waals surface area contributed by atoms with Crippen molar-refractivity contribution in [3.8, 4) is 0 Å². The Morgan fingerprint density at radius 2 is 1.96 bits per heavy atom. The summed E-state index contributed by atoms with van der Waals surface area (Å²) in [5.74, 6) is -0.291. The third kappa shape index (κ3) is 4.26. The van der Waals surface area contributed by atoms with E-state index in [1.54, 1.807) is 25.1 Å². The third-order valence-corrected chi connectivity index (χ3v) is 6.94. The molecule has 0 atom stereocenters. The summed E-state index contributed by atoms with van der Waals surface area (Å²) >= 11 is 3.37. The molecule has 0 radical (unpaired) electrons. The zero-order chi connectivity index (χ0) is 19.6. The van der Waals surface area contributed by atoms with Crippen LogP contribution in [0.2, 0.25) is 0 Å². The van der Waals surface area contributed by atoms with Crippen LogP contribution in [0.25, 0.3) is 0 Å². The van der Waals surface area contributed by atoms with Crippen LogP contribution in [0.15, 0.2) is 39.8 Å². The Morgan fingerprint density at radius 1 is 1.26 bits per heavy atom. The lowest BCUT2D eigenvalue weighted by molar-refractivity contribution is 0.0730. The first-order valence-corrected chi connectivity index (χ1v) is 10.9. The van der Waals surface area contributed by atoms with E-state index in [1.165, 1.54) is 10.4 Å². The molecule has 7 nitrogen and oxygen atoms in total. The van der Waals surface area contributed by atoms with Gasteiger partial charge in [0.1, 0.15) is 5.69 Å². The maximum absolute atomic E-state index is 13.0. The van der Waals surface area contributed by atoms with Gasteiger partial charge in [0.05, 0.1) is 18.1 Å². The fourth-order valence-electron chi connectivity index (χ4n) is 3.00. The third-order valence-electron chi connectivity index (χ3n) is 4.47. The van der Waals surface area contributed by atoms with Gasteiger partial charge in [-0.3, -0.25) is 4.79 Å². The summed E-state index contributed by atoms with van der Waals surface area (Å²) in [7, 11) is -3.64. The topological polar surface area (TPSA) is 80.6 Å². The van der Waals surface area contributed by atoms with E-state index in [0.717, 1.165) is 4.47 Å². The molecule has 0 saturated carbocycles. The van der Waals surface area contributed by atoms with E-state index < -0.39 is 10.0 Å². The van der Waals surface area contributed by atoms with Crippen LogP contribution in [0, 0.1) is 6.92 Å². The van der Waals surface area contributed by atoms with Crippen molar-refractivity contribution < 1.29 is 17.9 Å². The van der Waals surface area contributed by atoms with Crippen LogP contribution in [0.3, 0.4) is 0 Å². The van der Waals surface area contributed by atoms with E-state index in [4.69, 9.17) is 4.74 Å². The lowest BCUT2D eigenvalue weighted by Crippen LogP contribution is -2.40. The number of aromatic nitrogens is 1. The van der Waals surface area contributed by atoms with Crippen LogP contribution in [0.1, 0.15) is 23.0 Å². The van der Waals surface area contributed by atoms with E-state index >= 15 is 0 Å². The van der Waals surface area contributed by atoms with Gasteiger partial charge in [-0.15, -0.1) is 0 Å². The predicted octanol–water partition coefficient (Wildman–Crippen LogP) is 2.85. The Morgan fingerprint density at radius 3 is 2.63 bits per heavy atom. The highest BCUT2D eigenvalue weighted by Gasteiger charge is 2.28. The molecule has 1 aromatic heterocycles. The number of aryl methyl sites for hydroxylation is 2. The molecular weight excluding hydrogens is 434 g/mol. The van der Waals surface area contributed by atoms with Gasteiger partial charge in [0.2, 0.25) is 10.0 Å². The lowest BCUT2D eigenvalue weighted by atomic mass is 10.2. The molecule has 27 heavy (non-hydrogen) atoms. The highest BCUT2D eigenvalue weighted by atomic mass is 79.9. The van der Waals surface area contributed by atoms with Gasteiger partial charge in [-0.1, -0.05) is 6.07 Å². The van der Waals surface area contributed by atoms with Crippen molar-refractivity contribution in [3.05, 3.63) is 46.2 Å². The number of halogens is 1. The number of benzene rings is 1. The molecule has 2 aromatic rings. The van der Waals surface area contributed by atoms with E-state index in [0.29, 0.717) is 49.8 Å². The average molecular weight is 456 g/mol. The maximum Gasteiger partial charge on any atom is 0.272 e. The first-order chi connectivity index (χ1) is 12.8. The average Bonchev–Trinajstić information content (AvgIpc) is 3.05. The molecule has 2 heterocycles. The van der Waals surface area contributed by atoms with Gasteiger partial charge in [0.15, 0.2) is 0 Å². The van der Waals surface area contributed by atoms with Crippen LogP contribution in [-0.4, -0.2) is 49.5 Å². The zero-order valence-electron chi connectivity index (χ0n) is 15.2. The van der Waals surface area contributed by atoms with Gasteiger partial charge in [-0.25, -0.2) is 8.42 Å². The van der Waals surface area contributed by atoms with Gasteiger partial charge in [0.25, 0.3) is 5.91 Å². The first-order valence-electron chi connectivity index (χ1n) is 8.68. The quantitative estimate of drug-likeness (QED) is 0.751. The van der Waals surface area contributed by atoms with E-state index in [9.17, 15) is 13.2 Å². The Balaban J connectivity index is 1.88. The molecule has 1 N–H and O–H groups in total. The van der Waals surface area contributed by atoms with Gasteiger partial charge < -0.3 is 14.6 Å². The molecule has 0 unspecified atom stereocenters. The highest BCUT2D eigenvalue weighted by molar-refractivity contribution is 9.10. The Bertz CT molecular complexity index is 950. The molecule has 1 fully saturated rings. The number of sulfonamides is 1. The number of carbonyl (C=O) groups is 1. The molecule has 3 rings (SSSR count). The lowest BCUT2D eigenvalue weighted by Gasteiger charge is -2.26. The number of ether oxygens (including phenoxy) is 1. The molecule has 1 aliphatic rings. The molecule has 1 aliphatic heterocycles. The molecule has 1 amide bonds. The number of carbonyl (C=O) groups excluding carboxylic acids is 1. The van der Waals surface area contributed by atoms with E-state index in [1.807, 2.05) is 17.7 Å². The Hall–Kier alpha value is -1.68. The van der Waals surface area contributed by atoms with E-state index in [-0.39, 0.29) is 10.8 Å². The smallest absolute Gasteiger partial charge is 0.272 e. The van der Waals surface area contributed by atoms with Crippen molar-refractivity contribution >= 4 is 37.5 Å². The van der Waals surface area contributed by atoms with Gasteiger partial charge in [-0.2, -0.15) is 4.31 Å². The van der Waals surface area contributed by atoms with Gasteiger partial charge in [-0.05, 0) is 53.5 Å². The van der Waals surface area contributed by atoms with Crippen molar-refractivity contribution in [1.82, 2.24) is 8.87 Å². The number of hydrogen-bond donors (Lipinski definition) is 1. The summed E-state index contributed by atoms with van der Waals surface area (Å²) in [4.78, 5) is 12.8. The van der Waals surface area contributed by atoms with Crippen LogP contribution in [-0.2, 0) is 21.3 Å². The summed E-state index contributed by atoms with van der Waals surface area (Å²) in [6, 6.07) is 6.67. The molecule has 0 spiro atoms. The van der Waals surface area contributed by atoms with Gasteiger partial charge in [0, 0.05) is 36.0 Å². The largest absolute Gasteiger partial charge is 0.379 e. The number of anilines is 1. The number of morpholine rings is 1. The number of amides is 1. The summed E-state index contributed by atoms with van der Waals surface area (Å²) in [6.45, 7) is 5.78. The summed E-state index contributed by atoms with van der Waals surface area (Å²) in [6.07, 6.45) is 1.83. The van der Waals surface area contributed by atoms with Crippen molar-refractivity contribution in [3.63, 3.8) is 0 Å². The minimum atomic E-state index is -3.64. The number of nitrogens with one attached hydrogen (secondary N) is 1. The Kier molecular flexibility index (Phi) is 6.05. The summed E-state index contributed by atoms with van der Waals surface area (Å²) in [5.41, 5.74) is 1.58. The fourth-order valence-corrected chi connectivity index (χ4v) is 5.13. The molecule has 146 valence electrons. The van der Waals surface area contributed by atoms with E-state index in [2.05, 4.69) is 21.2 Å². The SMILES string of the molecule is CCn1cc(Br)cc1C(=O)Nc1ccc(C)c(S(=O)(=O)N2CCOCC2)c1. The molecule has 1 saturated heterocycles. The van der Waals surface area contributed by atoms with Crippen LogP contribution in [0.5, 0.6) is 0 Å².